The molecule has 1 aliphatic heterocycles. The van der Waals surface area contributed by atoms with Gasteiger partial charge in [0.15, 0.2) is 0 Å². The van der Waals surface area contributed by atoms with E-state index in [1.165, 1.54) is 11.8 Å². The number of carbonyl (C=O) groups excluding carboxylic acids is 1. The molecule has 0 aliphatic carbocycles. The minimum Gasteiger partial charge on any atom is -0.369 e. The van der Waals surface area contributed by atoms with Crippen molar-refractivity contribution in [2.45, 2.75) is 23.6 Å². The number of anilines is 2. The van der Waals surface area contributed by atoms with Gasteiger partial charge in [0.2, 0.25) is 15.7 Å². The van der Waals surface area contributed by atoms with Crippen molar-refractivity contribution in [2.24, 2.45) is 0 Å². The fourth-order valence-corrected chi connectivity index (χ4v) is 4.96. The lowest BCUT2D eigenvalue weighted by Gasteiger charge is -2.35. The number of hydrogen-bond acceptors (Lipinski definition) is 5. The average molecular weight is 402 g/mol. The zero-order valence-electron chi connectivity index (χ0n) is 16.6. The van der Waals surface area contributed by atoms with Crippen LogP contribution in [-0.2, 0) is 14.6 Å². The minimum absolute atomic E-state index is 0.161. The molecule has 0 spiro atoms. The normalized spacial score (nSPS) is 15.5. The van der Waals surface area contributed by atoms with Crippen LogP contribution in [0.2, 0.25) is 0 Å². The maximum atomic E-state index is 13.3. The summed E-state index contributed by atoms with van der Waals surface area (Å²) in [6, 6.07) is 13.7. The van der Waals surface area contributed by atoms with E-state index in [1.807, 2.05) is 19.1 Å². The molecule has 0 atom stereocenters. The second-order valence-corrected chi connectivity index (χ2v) is 8.94. The molecule has 3 rings (SSSR count). The first kappa shape index (κ1) is 20.4. The van der Waals surface area contributed by atoms with Crippen LogP contribution in [0, 0.1) is 0 Å². The Morgan fingerprint density at radius 2 is 1.68 bits per heavy atom. The van der Waals surface area contributed by atoms with Crippen LogP contribution in [0.1, 0.15) is 13.8 Å². The number of nitrogens with zero attached hydrogens (tertiary/aromatic N) is 3. The molecular formula is C21H27N3O3S. The second kappa shape index (κ2) is 8.32. The van der Waals surface area contributed by atoms with Crippen molar-refractivity contribution >= 4 is 27.1 Å². The molecule has 1 heterocycles. The monoisotopic (exact) mass is 401 g/mol. The van der Waals surface area contributed by atoms with Crippen molar-refractivity contribution in [1.29, 1.82) is 0 Å². The SMILES string of the molecule is CCN(C(C)=O)c1cc(N2CCN(C)CC2)ccc1S(=O)(=O)c1ccccc1. The third kappa shape index (κ3) is 4.05. The zero-order valence-corrected chi connectivity index (χ0v) is 17.4. The number of hydrogen-bond donors (Lipinski definition) is 0. The lowest BCUT2D eigenvalue weighted by molar-refractivity contribution is -0.116. The molecule has 0 saturated carbocycles. The summed E-state index contributed by atoms with van der Waals surface area (Å²) in [5.74, 6) is -0.178. The second-order valence-electron chi connectivity index (χ2n) is 7.02. The third-order valence-electron chi connectivity index (χ3n) is 5.14. The van der Waals surface area contributed by atoms with Crippen molar-refractivity contribution in [1.82, 2.24) is 4.90 Å². The molecule has 150 valence electrons. The summed E-state index contributed by atoms with van der Waals surface area (Å²) in [6.07, 6.45) is 0. The molecule has 28 heavy (non-hydrogen) atoms. The summed E-state index contributed by atoms with van der Waals surface area (Å²) in [6.45, 7) is 7.35. The van der Waals surface area contributed by atoms with Gasteiger partial charge in [-0.25, -0.2) is 8.42 Å². The Hall–Kier alpha value is -2.38. The predicted octanol–water partition coefficient (Wildman–Crippen LogP) is 2.64. The molecule has 6 nitrogen and oxygen atoms in total. The molecule has 0 unspecified atom stereocenters. The first-order chi connectivity index (χ1) is 13.3. The number of sulfone groups is 1. The highest BCUT2D eigenvalue weighted by molar-refractivity contribution is 7.91. The predicted molar refractivity (Wildman–Crippen MR) is 112 cm³/mol. The summed E-state index contributed by atoms with van der Waals surface area (Å²) >= 11 is 0. The molecule has 7 heteroatoms. The lowest BCUT2D eigenvalue weighted by atomic mass is 10.2. The Kier molecular flexibility index (Phi) is 6.05. The van der Waals surface area contributed by atoms with Gasteiger partial charge >= 0.3 is 0 Å². The van der Waals surface area contributed by atoms with Gasteiger partial charge in [-0.1, -0.05) is 18.2 Å². The highest BCUT2D eigenvalue weighted by Gasteiger charge is 2.26. The Morgan fingerprint density at radius 1 is 1.04 bits per heavy atom. The highest BCUT2D eigenvalue weighted by Crippen LogP contribution is 2.34. The summed E-state index contributed by atoms with van der Waals surface area (Å²) in [7, 11) is -1.65. The van der Waals surface area contributed by atoms with E-state index < -0.39 is 9.84 Å². The van der Waals surface area contributed by atoms with Crippen molar-refractivity contribution in [3.63, 3.8) is 0 Å². The maximum absolute atomic E-state index is 13.3. The first-order valence-electron chi connectivity index (χ1n) is 9.50. The summed E-state index contributed by atoms with van der Waals surface area (Å²) in [5.41, 5.74) is 1.38. The molecule has 0 aromatic heterocycles. The van der Waals surface area contributed by atoms with E-state index in [0.29, 0.717) is 12.2 Å². The Morgan fingerprint density at radius 3 is 2.25 bits per heavy atom. The van der Waals surface area contributed by atoms with Crippen LogP contribution < -0.4 is 9.80 Å². The first-order valence-corrected chi connectivity index (χ1v) is 11.0. The average Bonchev–Trinajstić information content (AvgIpc) is 2.69. The van der Waals surface area contributed by atoms with Gasteiger partial charge < -0.3 is 14.7 Å². The zero-order chi connectivity index (χ0) is 20.3. The molecule has 1 saturated heterocycles. The van der Waals surface area contributed by atoms with Gasteiger partial charge in [0, 0.05) is 45.3 Å². The van der Waals surface area contributed by atoms with Crippen LogP contribution in [0.3, 0.4) is 0 Å². The fraction of sp³-hybridized carbons (Fsp3) is 0.381. The quantitative estimate of drug-likeness (QED) is 0.771. The Bertz CT molecular complexity index is 937. The fourth-order valence-electron chi connectivity index (χ4n) is 3.49. The topological polar surface area (TPSA) is 60.9 Å². The van der Waals surface area contributed by atoms with Crippen molar-refractivity contribution in [2.75, 3.05) is 49.6 Å². The van der Waals surface area contributed by atoms with E-state index in [2.05, 4.69) is 16.8 Å². The van der Waals surface area contributed by atoms with E-state index in [4.69, 9.17) is 0 Å². The van der Waals surface area contributed by atoms with Gasteiger partial charge in [0.05, 0.1) is 15.5 Å². The van der Waals surface area contributed by atoms with Gasteiger partial charge in [-0.3, -0.25) is 4.79 Å². The Balaban J connectivity index is 2.10. The standard InChI is InChI=1S/C21H27N3O3S/c1-4-24(17(2)25)20-16-18(23-14-12-22(3)13-15-23)10-11-21(20)28(26,27)19-8-6-5-7-9-19/h5-11,16H,4,12-15H2,1-3H3. The molecule has 0 radical (unpaired) electrons. The minimum atomic E-state index is -3.74. The van der Waals surface area contributed by atoms with Crippen LogP contribution >= 0.6 is 0 Å². The van der Waals surface area contributed by atoms with Gasteiger partial charge in [0.25, 0.3) is 0 Å². The van der Waals surface area contributed by atoms with Crippen molar-refractivity contribution in [3.05, 3.63) is 48.5 Å². The summed E-state index contributed by atoms with van der Waals surface area (Å²) < 4.78 is 26.5. The van der Waals surface area contributed by atoms with Gasteiger partial charge in [-0.05, 0) is 44.3 Å². The van der Waals surface area contributed by atoms with Gasteiger partial charge in [-0.15, -0.1) is 0 Å². The number of benzene rings is 2. The van der Waals surface area contributed by atoms with Crippen LogP contribution in [-0.4, -0.2) is 59.0 Å². The van der Waals surface area contributed by atoms with Crippen molar-refractivity contribution in [3.8, 4) is 0 Å². The van der Waals surface area contributed by atoms with E-state index in [-0.39, 0.29) is 15.7 Å². The molecule has 0 bridgehead atoms. The number of amides is 1. The molecular weight excluding hydrogens is 374 g/mol. The number of likely N-dealkylation sites (N-methyl/N-ethyl adjacent to an activating group) is 1. The molecule has 2 aromatic carbocycles. The van der Waals surface area contributed by atoms with E-state index in [9.17, 15) is 13.2 Å². The maximum Gasteiger partial charge on any atom is 0.223 e. The van der Waals surface area contributed by atoms with E-state index in [1.54, 1.807) is 36.4 Å². The smallest absolute Gasteiger partial charge is 0.223 e. The number of rotatable bonds is 5. The highest BCUT2D eigenvalue weighted by atomic mass is 32.2. The van der Waals surface area contributed by atoms with E-state index >= 15 is 0 Å². The largest absolute Gasteiger partial charge is 0.369 e. The molecule has 1 aliphatic rings. The molecule has 1 amide bonds. The van der Waals surface area contributed by atoms with Crippen LogP contribution in [0.5, 0.6) is 0 Å². The van der Waals surface area contributed by atoms with Crippen molar-refractivity contribution < 1.29 is 13.2 Å². The van der Waals surface area contributed by atoms with Crippen LogP contribution in [0.15, 0.2) is 58.3 Å². The summed E-state index contributed by atoms with van der Waals surface area (Å²) in [5, 5.41) is 0. The van der Waals surface area contributed by atoms with Gasteiger partial charge in [0.1, 0.15) is 0 Å². The van der Waals surface area contributed by atoms with E-state index in [0.717, 1.165) is 31.9 Å². The molecule has 1 fully saturated rings. The van der Waals surface area contributed by atoms with Crippen LogP contribution in [0.25, 0.3) is 0 Å². The lowest BCUT2D eigenvalue weighted by Crippen LogP contribution is -2.44. The molecule has 2 aromatic rings. The third-order valence-corrected chi connectivity index (χ3v) is 6.96. The van der Waals surface area contributed by atoms with Crippen LogP contribution in [0.4, 0.5) is 11.4 Å². The summed E-state index contributed by atoms with van der Waals surface area (Å²) in [4.78, 5) is 18.6. The van der Waals surface area contributed by atoms with Gasteiger partial charge in [-0.2, -0.15) is 0 Å². The molecule has 0 N–H and O–H groups in total. The number of carbonyl (C=O) groups is 1. The Labute approximate surface area is 167 Å². The number of piperazine rings is 1.